The molecule has 1 heterocycles. The number of rotatable bonds is 4. The van der Waals surface area contributed by atoms with Gasteiger partial charge in [0.15, 0.2) is 5.76 Å². The zero-order valence-electron chi connectivity index (χ0n) is 9.51. The number of ether oxygens (including phenoxy) is 1. The maximum atomic E-state index is 10.8. The molecule has 18 heavy (non-hydrogen) atoms. The van der Waals surface area contributed by atoms with Crippen LogP contribution in [0.25, 0.3) is 0 Å². The van der Waals surface area contributed by atoms with Crippen LogP contribution in [-0.4, -0.2) is 16.2 Å². The number of carboxylic acid groups (broad SMARTS) is 1. The molecule has 0 saturated carbocycles. The molecular weight excluding hydrogens is 258 g/mol. The molecule has 0 radical (unpaired) electrons. The molecule has 0 bridgehead atoms. The van der Waals surface area contributed by atoms with E-state index in [1.165, 1.54) is 0 Å². The van der Waals surface area contributed by atoms with Gasteiger partial charge in [0.25, 0.3) is 0 Å². The first-order valence-corrected chi connectivity index (χ1v) is 5.51. The van der Waals surface area contributed by atoms with Crippen LogP contribution in [0.2, 0.25) is 5.02 Å². The van der Waals surface area contributed by atoms with Crippen molar-refractivity contribution in [3.8, 4) is 5.75 Å². The fraction of sp³-hybridized carbons (Fsp3) is 0.167. The van der Waals surface area contributed by atoms with Crippen LogP contribution in [0.3, 0.4) is 0 Å². The standard InChI is InChI=1S/C12H10ClNO4/c1-7-2-3-10(9(13)4-7)17-6-11-8(12(15)16)5-14-18-11/h2-5H,6H2,1H3,(H,15,16). The molecule has 0 aliphatic heterocycles. The van der Waals surface area contributed by atoms with Crippen LogP contribution in [0.4, 0.5) is 0 Å². The first-order valence-electron chi connectivity index (χ1n) is 5.13. The molecule has 2 aromatic rings. The molecule has 5 nitrogen and oxygen atoms in total. The monoisotopic (exact) mass is 267 g/mol. The predicted molar refractivity (Wildman–Crippen MR) is 64.0 cm³/mol. The number of nitrogens with zero attached hydrogens (tertiary/aromatic N) is 1. The molecule has 0 unspecified atom stereocenters. The van der Waals surface area contributed by atoms with Crippen LogP contribution >= 0.6 is 11.6 Å². The van der Waals surface area contributed by atoms with Crippen molar-refractivity contribution in [3.63, 3.8) is 0 Å². The Balaban J connectivity index is 2.11. The van der Waals surface area contributed by atoms with E-state index in [0.717, 1.165) is 11.8 Å². The lowest BCUT2D eigenvalue weighted by Gasteiger charge is -2.06. The molecule has 1 aromatic heterocycles. The fourth-order valence-electron chi connectivity index (χ4n) is 1.41. The molecular formula is C12H10ClNO4. The minimum Gasteiger partial charge on any atom is -0.484 e. The minimum absolute atomic E-state index is 0.0155. The number of aromatic nitrogens is 1. The average molecular weight is 268 g/mol. The van der Waals surface area contributed by atoms with Crippen molar-refractivity contribution < 1.29 is 19.2 Å². The number of hydrogen-bond donors (Lipinski definition) is 1. The van der Waals surface area contributed by atoms with E-state index in [0.29, 0.717) is 10.8 Å². The van der Waals surface area contributed by atoms with Gasteiger partial charge in [-0.25, -0.2) is 4.79 Å². The first-order chi connectivity index (χ1) is 8.58. The summed E-state index contributed by atoms with van der Waals surface area (Å²) < 4.78 is 10.2. The third-order valence-corrected chi connectivity index (χ3v) is 2.62. The summed E-state index contributed by atoms with van der Waals surface area (Å²) in [4.78, 5) is 10.8. The maximum absolute atomic E-state index is 10.8. The Labute approximate surface area is 108 Å². The molecule has 0 aliphatic rings. The number of carboxylic acids is 1. The topological polar surface area (TPSA) is 72.6 Å². The SMILES string of the molecule is Cc1ccc(OCc2oncc2C(=O)O)c(Cl)c1. The molecule has 0 fully saturated rings. The van der Waals surface area contributed by atoms with E-state index in [2.05, 4.69) is 5.16 Å². The van der Waals surface area contributed by atoms with E-state index in [1.54, 1.807) is 12.1 Å². The summed E-state index contributed by atoms with van der Waals surface area (Å²) in [6.07, 6.45) is 1.14. The Morgan fingerprint density at radius 2 is 2.33 bits per heavy atom. The van der Waals surface area contributed by atoms with Gasteiger partial charge in [-0.2, -0.15) is 0 Å². The van der Waals surface area contributed by atoms with Crippen molar-refractivity contribution in [1.29, 1.82) is 0 Å². The van der Waals surface area contributed by atoms with Gasteiger partial charge >= 0.3 is 5.97 Å². The molecule has 1 N–H and O–H groups in total. The molecule has 0 amide bonds. The quantitative estimate of drug-likeness (QED) is 0.922. The van der Waals surface area contributed by atoms with Crippen molar-refractivity contribution in [1.82, 2.24) is 5.16 Å². The van der Waals surface area contributed by atoms with Crippen LogP contribution in [0.15, 0.2) is 28.9 Å². The summed E-state index contributed by atoms with van der Waals surface area (Å²) in [5.41, 5.74) is 0.997. The van der Waals surface area contributed by atoms with Crippen LogP contribution < -0.4 is 4.74 Å². The van der Waals surface area contributed by atoms with Crippen molar-refractivity contribution in [2.24, 2.45) is 0 Å². The molecule has 94 valence electrons. The fourth-order valence-corrected chi connectivity index (χ4v) is 1.70. The highest BCUT2D eigenvalue weighted by atomic mass is 35.5. The summed E-state index contributed by atoms with van der Waals surface area (Å²) in [6, 6.07) is 5.32. The van der Waals surface area contributed by atoms with Gasteiger partial charge in [0.05, 0.1) is 11.2 Å². The highest BCUT2D eigenvalue weighted by molar-refractivity contribution is 6.32. The lowest BCUT2D eigenvalue weighted by molar-refractivity contribution is 0.0691. The summed E-state index contributed by atoms with van der Waals surface area (Å²) in [6.45, 7) is 1.87. The van der Waals surface area contributed by atoms with Gasteiger partial charge in [0.2, 0.25) is 0 Å². The normalized spacial score (nSPS) is 10.3. The van der Waals surface area contributed by atoms with Gasteiger partial charge in [0.1, 0.15) is 17.9 Å². The van der Waals surface area contributed by atoms with Gasteiger partial charge < -0.3 is 14.4 Å². The third kappa shape index (κ3) is 2.62. The van der Waals surface area contributed by atoms with Crippen molar-refractivity contribution in [2.75, 3.05) is 0 Å². The predicted octanol–water partition coefficient (Wildman–Crippen LogP) is 2.91. The van der Waals surface area contributed by atoms with Crippen molar-refractivity contribution >= 4 is 17.6 Å². The van der Waals surface area contributed by atoms with E-state index in [-0.39, 0.29) is 17.9 Å². The number of aryl methyl sites for hydroxylation is 1. The number of benzene rings is 1. The number of aromatic carboxylic acids is 1. The largest absolute Gasteiger partial charge is 0.484 e. The molecule has 1 aromatic carbocycles. The summed E-state index contributed by atoms with van der Waals surface area (Å²) in [7, 11) is 0. The number of halogens is 1. The highest BCUT2D eigenvalue weighted by Gasteiger charge is 2.15. The van der Waals surface area contributed by atoms with Crippen LogP contribution in [0, 0.1) is 6.92 Å². The minimum atomic E-state index is -1.11. The van der Waals surface area contributed by atoms with Crippen LogP contribution in [0.5, 0.6) is 5.75 Å². The van der Waals surface area contributed by atoms with Gasteiger partial charge in [-0.1, -0.05) is 22.8 Å². The average Bonchev–Trinajstić information content (AvgIpc) is 2.76. The van der Waals surface area contributed by atoms with Gasteiger partial charge in [-0.15, -0.1) is 0 Å². The molecule has 0 aliphatic carbocycles. The molecule has 0 saturated heterocycles. The second-order valence-electron chi connectivity index (χ2n) is 3.69. The Morgan fingerprint density at radius 1 is 1.56 bits per heavy atom. The van der Waals surface area contributed by atoms with E-state index in [1.807, 2.05) is 13.0 Å². The highest BCUT2D eigenvalue weighted by Crippen LogP contribution is 2.26. The Bertz CT molecular complexity index is 579. The summed E-state index contributed by atoms with van der Waals surface area (Å²) in [5.74, 6) is -0.487. The lowest BCUT2D eigenvalue weighted by atomic mass is 10.2. The van der Waals surface area contributed by atoms with Crippen molar-refractivity contribution in [2.45, 2.75) is 13.5 Å². The molecule has 0 atom stereocenters. The summed E-state index contributed by atoms with van der Waals surface area (Å²) in [5, 5.41) is 12.7. The second kappa shape index (κ2) is 5.10. The molecule has 2 rings (SSSR count). The first kappa shape index (κ1) is 12.4. The third-order valence-electron chi connectivity index (χ3n) is 2.32. The molecule has 0 spiro atoms. The Morgan fingerprint density at radius 3 is 3.00 bits per heavy atom. The van der Waals surface area contributed by atoms with Crippen molar-refractivity contribution in [3.05, 3.63) is 46.3 Å². The zero-order chi connectivity index (χ0) is 13.1. The van der Waals surface area contributed by atoms with Gasteiger partial charge in [-0.3, -0.25) is 0 Å². The second-order valence-corrected chi connectivity index (χ2v) is 4.10. The van der Waals surface area contributed by atoms with E-state index in [4.69, 9.17) is 26.0 Å². The van der Waals surface area contributed by atoms with E-state index >= 15 is 0 Å². The Hall–Kier alpha value is -2.01. The molecule has 6 heteroatoms. The summed E-state index contributed by atoms with van der Waals surface area (Å²) >= 11 is 5.98. The van der Waals surface area contributed by atoms with E-state index in [9.17, 15) is 4.79 Å². The number of carbonyl (C=O) groups is 1. The zero-order valence-corrected chi connectivity index (χ0v) is 10.3. The maximum Gasteiger partial charge on any atom is 0.341 e. The van der Waals surface area contributed by atoms with Gasteiger partial charge in [-0.05, 0) is 24.6 Å². The lowest BCUT2D eigenvalue weighted by Crippen LogP contribution is -2.02. The van der Waals surface area contributed by atoms with E-state index < -0.39 is 5.97 Å². The number of hydrogen-bond acceptors (Lipinski definition) is 4. The Kier molecular flexibility index (Phi) is 3.53. The smallest absolute Gasteiger partial charge is 0.341 e. The van der Waals surface area contributed by atoms with Crippen LogP contribution in [0.1, 0.15) is 21.7 Å². The van der Waals surface area contributed by atoms with Gasteiger partial charge in [0, 0.05) is 0 Å². The van der Waals surface area contributed by atoms with Crippen LogP contribution in [-0.2, 0) is 6.61 Å².